The van der Waals surface area contributed by atoms with Crippen molar-refractivity contribution in [1.29, 1.82) is 0 Å². The van der Waals surface area contributed by atoms with E-state index in [0.717, 1.165) is 17.0 Å². The molecule has 1 heterocycles. The smallest absolute Gasteiger partial charge is 0.159 e. The van der Waals surface area contributed by atoms with Crippen molar-refractivity contribution < 1.29 is 37.3 Å². The van der Waals surface area contributed by atoms with Gasteiger partial charge in [0.2, 0.25) is 0 Å². The van der Waals surface area contributed by atoms with Gasteiger partial charge < -0.3 is 9.32 Å². The Morgan fingerprint density at radius 1 is 0.491 bits per heavy atom. The predicted molar refractivity (Wildman–Crippen MR) is 229 cm³/mol. The van der Waals surface area contributed by atoms with Gasteiger partial charge in [-0.1, -0.05) is 159 Å². The van der Waals surface area contributed by atoms with Crippen molar-refractivity contribution in [3.8, 4) is 33.4 Å². The first kappa shape index (κ1) is 16.0. The number of furan rings is 1. The van der Waals surface area contributed by atoms with Crippen LogP contribution in [0.2, 0.25) is 0 Å². The highest BCUT2D eigenvalue weighted by Crippen LogP contribution is 2.56. The molecular weight excluding hydrogens is 667 g/mol. The summed E-state index contributed by atoms with van der Waals surface area (Å²) in [7, 11) is 0. The molecule has 0 fully saturated rings. The van der Waals surface area contributed by atoms with Crippen LogP contribution in [0.4, 0.5) is 17.1 Å². The quantitative estimate of drug-likeness (QED) is 0.175. The van der Waals surface area contributed by atoms with Crippen molar-refractivity contribution in [3.05, 3.63) is 209 Å². The van der Waals surface area contributed by atoms with Crippen LogP contribution < -0.4 is 4.90 Å². The number of rotatable bonds is 5. The van der Waals surface area contributed by atoms with Gasteiger partial charge in [-0.2, -0.15) is 0 Å². The molecule has 9 aromatic rings. The van der Waals surface area contributed by atoms with Crippen molar-refractivity contribution in [2.45, 2.75) is 31.6 Å². The molecule has 0 bridgehead atoms. The fourth-order valence-corrected chi connectivity index (χ4v) is 7.98. The number of nitrogens with zero attached hydrogens (tertiary/aromatic N) is 1. The molecule has 55 heavy (non-hydrogen) atoms. The minimum Gasteiger partial charge on any atom is -0.454 e. The zero-order valence-electron chi connectivity index (χ0n) is 53.3. The third-order valence-electron chi connectivity index (χ3n) is 10.6. The summed E-state index contributed by atoms with van der Waals surface area (Å²) in [4.78, 5) is 0.756. The van der Waals surface area contributed by atoms with Gasteiger partial charge in [-0.15, -0.1) is 0 Å². The van der Waals surface area contributed by atoms with Gasteiger partial charge in [-0.3, -0.25) is 0 Å². The van der Waals surface area contributed by atoms with Crippen molar-refractivity contribution in [2.75, 3.05) is 4.90 Å². The van der Waals surface area contributed by atoms with Crippen molar-refractivity contribution in [2.24, 2.45) is 0 Å². The van der Waals surface area contributed by atoms with E-state index in [4.69, 9.17) is 19.5 Å². The molecule has 0 saturated heterocycles. The second-order valence-corrected chi connectivity index (χ2v) is 13.9. The Labute approximate surface area is 355 Å². The summed E-state index contributed by atoms with van der Waals surface area (Å²) in [5, 5.41) is -0.641. The average molecular weight is 730 g/mol. The molecule has 2 heteroatoms. The molecule has 0 aliphatic heterocycles. The number of fused-ring (bicyclic) bond motifs is 9. The highest BCUT2D eigenvalue weighted by molar-refractivity contribution is 6.13. The fourth-order valence-electron chi connectivity index (χ4n) is 7.98. The molecule has 1 aromatic heterocycles. The zero-order chi connectivity index (χ0) is 57.8. The lowest BCUT2D eigenvalue weighted by Gasteiger charge is -2.29. The maximum Gasteiger partial charge on any atom is 0.159 e. The second-order valence-electron chi connectivity index (χ2n) is 13.9. The molecule has 1 atom stereocenters. The van der Waals surface area contributed by atoms with E-state index < -0.39 is 166 Å². The molecule has 2 nitrogen and oxygen atoms in total. The summed E-state index contributed by atoms with van der Waals surface area (Å²) in [5.41, 5.74) is -8.31. The van der Waals surface area contributed by atoms with Crippen LogP contribution in [0.3, 0.4) is 0 Å². The Bertz CT molecular complexity index is 4320. The van der Waals surface area contributed by atoms with Crippen LogP contribution in [0.15, 0.2) is 186 Å². The predicted octanol–water partition coefficient (Wildman–Crippen LogP) is 14.4. The molecule has 2 aliphatic carbocycles. The van der Waals surface area contributed by atoms with Gasteiger partial charge in [0, 0.05) is 33.0 Å². The standard InChI is InChI=1S/C53H39NO/c1-52(2)43-21-10-7-17-38(43)41-32-31-37(33-47(41)52)54(36-29-27-35(28-30-36)34-15-5-4-6-16-34)48-25-13-20-42-50-46(24-14-26-49(50)55-51(42)48)53(3)44-22-11-8-18-39(44)40-19-9-12-23-45(40)53/h4-33H,1-3H3/i5D,6D,7D,8D,9D,10D,11D,13D,14D,17D,18D,19D,20D,21D,23D,24D,25D,27D,28D,29D,30D,31D,32D,33D. The Morgan fingerprint density at radius 3 is 2.05 bits per heavy atom. The van der Waals surface area contributed by atoms with Crippen LogP contribution in [0.1, 0.15) is 81.5 Å². The summed E-state index contributed by atoms with van der Waals surface area (Å²) in [6, 6.07) is -8.11. The minimum atomic E-state index is -1.97. The molecule has 0 N–H and O–H groups in total. The fraction of sp³-hybridized carbons (Fsp3) is 0.0943. The van der Waals surface area contributed by atoms with Crippen molar-refractivity contribution in [1.82, 2.24) is 0 Å². The normalized spacial score (nSPS) is 22.2. The van der Waals surface area contributed by atoms with Crippen LogP contribution in [-0.2, 0) is 10.8 Å². The third kappa shape index (κ3) is 4.49. The van der Waals surface area contributed by atoms with Gasteiger partial charge in [-0.05, 0) is 104 Å². The van der Waals surface area contributed by atoms with Gasteiger partial charge in [0.25, 0.3) is 0 Å². The zero-order valence-corrected chi connectivity index (χ0v) is 29.3. The molecule has 8 aromatic carbocycles. The first-order valence-electron chi connectivity index (χ1n) is 29.3. The summed E-state index contributed by atoms with van der Waals surface area (Å²) in [6.45, 7) is 4.53. The topological polar surface area (TPSA) is 16.4 Å². The monoisotopic (exact) mass is 729 g/mol. The van der Waals surface area contributed by atoms with Gasteiger partial charge in [-0.25, -0.2) is 0 Å². The first-order valence-corrected chi connectivity index (χ1v) is 17.3. The molecular formula is C53H39NO. The van der Waals surface area contributed by atoms with Gasteiger partial charge in [0.05, 0.1) is 38.6 Å². The van der Waals surface area contributed by atoms with Gasteiger partial charge >= 0.3 is 0 Å². The second kappa shape index (κ2) is 11.7. The number of hydrogen-bond acceptors (Lipinski definition) is 2. The lowest BCUT2D eigenvalue weighted by molar-refractivity contribution is 0.660. The summed E-state index contributed by atoms with van der Waals surface area (Å²) in [5.74, 6) is 0. The Hall–Kier alpha value is -6.64. The van der Waals surface area contributed by atoms with E-state index >= 15 is 0 Å². The Balaban J connectivity index is 1.34. The number of para-hydroxylation sites is 1. The van der Waals surface area contributed by atoms with Gasteiger partial charge in [0.15, 0.2) is 5.58 Å². The average Bonchev–Trinajstić information content (AvgIpc) is 2.44. The first-order chi connectivity index (χ1) is 36.8. The number of hydrogen-bond donors (Lipinski definition) is 0. The number of benzene rings is 8. The summed E-state index contributed by atoms with van der Waals surface area (Å²) in [6.07, 6.45) is 0. The molecule has 1 unspecified atom stereocenters. The van der Waals surface area contributed by atoms with E-state index in [0.29, 0.717) is 0 Å². The van der Waals surface area contributed by atoms with E-state index in [1.807, 2.05) is 0 Å². The van der Waals surface area contributed by atoms with Crippen LogP contribution in [0.5, 0.6) is 0 Å². The number of anilines is 3. The lowest BCUT2D eigenvalue weighted by Crippen LogP contribution is -2.22. The SMILES string of the molecule is [2H]c1cc([2H])cc(-c2c([2H])c([2H])c(N(c3c([2H])c([2H])c4c(c3[2H])C(C)(C)c3c([2H])c([2H])c([2H])c([2H])c3-4)c3c([2H])c([2H])c([2H])c4c3oc3cc([2H])c([2H])c(C5(C)c6cc([2H])c([2H])c([2H])c6-c6c([2H])c([2H])cc([2H])c65)c34)c([2H])c2[2H])c1. The van der Waals surface area contributed by atoms with Crippen molar-refractivity contribution in [3.63, 3.8) is 0 Å². The van der Waals surface area contributed by atoms with E-state index in [1.165, 1.54) is 45.0 Å². The van der Waals surface area contributed by atoms with E-state index in [-0.39, 0.29) is 90.3 Å². The molecule has 2 aliphatic rings. The van der Waals surface area contributed by atoms with Gasteiger partial charge in [0.1, 0.15) is 5.58 Å². The summed E-state index contributed by atoms with van der Waals surface area (Å²) < 4.78 is 228. The van der Waals surface area contributed by atoms with Crippen molar-refractivity contribution >= 4 is 39.0 Å². The van der Waals surface area contributed by atoms with Crippen LogP contribution >= 0.6 is 0 Å². The van der Waals surface area contributed by atoms with E-state index in [9.17, 15) is 17.8 Å². The molecule has 11 rings (SSSR count). The van der Waals surface area contributed by atoms with Crippen LogP contribution in [0, 0.1) is 0 Å². The third-order valence-corrected chi connectivity index (χ3v) is 10.6. The Morgan fingerprint density at radius 2 is 1.20 bits per heavy atom. The largest absolute Gasteiger partial charge is 0.454 e. The molecule has 0 spiro atoms. The highest BCUT2D eigenvalue weighted by Gasteiger charge is 2.42. The minimum absolute atomic E-state index is 0.00818. The molecule has 262 valence electrons. The van der Waals surface area contributed by atoms with E-state index in [1.54, 1.807) is 0 Å². The van der Waals surface area contributed by atoms with Crippen LogP contribution in [0.25, 0.3) is 55.3 Å². The maximum absolute atomic E-state index is 10.2. The van der Waals surface area contributed by atoms with Crippen LogP contribution in [-0.4, -0.2) is 0 Å². The Kier molecular flexibility index (Phi) is 3.40. The maximum atomic E-state index is 10.2. The molecule has 0 saturated carbocycles. The molecule has 0 amide bonds. The lowest BCUT2D eigenvalue weighted by atomic mass is 9.73. The molecule has 0 radical (unpaired) electrons. The highest BCUT2D eigenvalue weighted by atomic mass is 16.3. The summed E-state index contributed by atoms with van der Waals surface area (Å²) >= 11 is 0. The van der Waals surface area contributed by atoms with E-state index in [2.05, 4.69) is 0 Å².